The Balaban J connectivity index is 1.92. The smallest absolute Gasteiger partial charge is 0.393 e. The molecule has 3 atom stereocenters. The highest BCUT2D eigenvalue weighted by Crippen LogP contribution is 2.42. The minimum Gasteiger partial charge on any atom is -0.393 e. The molecule has 3 heterocycles. The molecule has 110 valence electrons. The third-order valence-electron chi connectivity index (χ3n) is 4.10. The van der Waals surface area contributed by atoms with E-state index in [0.29, 0.717) is 18.7 Å². The van der Waals surface area contributed by atoms with Gasteiger partial charge in [-0.05, 0) is 31.7 Å². The van der Waals surface area contributed by atoms with Gasteiger partial charge in [-0.2, -0.15) is 13.2 Å². The summed E-state index contributed by atoms with van der Waals surface area (Å²) in [5.41, 5.74) is -0.837. The van der Waals surface area contributed by atoms with Crippen LogP contribution in [-0.2, 0) is 6.18 Å². The van der Waals surface area contributed by atoms with Crippen molar-refractivity contribution in [2.45, 2.75) is 50.0 Å². The molecule has 1 N–H and O–H groups in total. The number of aliphatic hydroxyl groups excluding tert-OH is 1. The number of alkyl halides is 3. The molecule has 2 fully saturated rings. The van der Waals surface area contributed by atoms with E-state index in [0.717, 1.165) is 25.1 Å². The van der Waals surface area contributed by atoms with Crippen molar-refractivity contribution in [3.05, 3.63) is 22.8 Å². The molecule has 2 bridgehead atoms. The van der Waals surface area contributed by atoms with Gasteiger partial charge < -0.3 is 10.0 Å². The number of aromatic nitrogens is 1. The molecule has 0 spiro atoms. The average molecular weight is 307 g/mol. The molecule has 0 amide bonds. The van der Waals surface area contributed by atoms with Crippen LogP contribution in [0, 0.1) is 0 Å². The predicted octanol–water partition coefficient (Wildman–Crippen LogP) is 3.25. The van der Waals surface area contributed by atoms with Gasteiger partial charge in [0.25, 0.3) is 0 Å². The van der Waals surface area contributed by atoms with E-state index >= 15 is 0 Å². The van der Waals surface area contributed by atoms with Gasteiger partial charge in [0, 0.05) is 18.3 Å². The zero-order valence-corrected chi connectivity index (χ0v) is 11.3. The van der Waals surface area contributed by atoms with Gasteiger partial charge in [0.1, 0.15) is 5.82 Å². The second-order valence-corrected chi connectivity index (χ2v) is 5.85. The molecule has 2 aliphatic rings. The molecule has 3 nitrogen and oxygen atoms in total. The number of pyridine rings is 1. The first-order valence-electron chi connectivity index (χ1n) is 6.55. The molecule has 3 rings (SSSR count). The number of hydrogen-bond donors (Lipinski definition) is 1. The van der Waals surface area contributed by atoms with Crippen LogP contribution in [0.2, 0.25) is 5.02 Å². The van der Waals surface area contributed by atoms with Crippen LogP contribution in [0.1, 0.15) is 31.2 Å². The van der Waals surface area contributed by atoms with E-state index in [2.05, 4.69) is 4.98 Å². The third kappa shape index (κ3) is 2.35. The lowest BCUT2D eigenvalue weighted by Crippen LogP contribution is -2.45. The molecular formula is C13H14ClF3N2O. The number of aliphatic hydroxyl groups is 1. The fraction of sp³-hybridized carbons (Fsp3) is 0.615. The molecule has 1 aromatic heterocycles. The Bertz CT molecular complexity index is 509. The van der Waals surface area contributed by atoms with Crippen molar-refractivity contribution in [3.8, 4) is 0 Å². The predicted molar refractivity (Wildman–Crippen MR) is 68.8 cm³/mol. The van der Waals surface area contributed by atoms with Gasteiger partial charge in [-0.3, -0.25) is 0 Å². The highest BCUT2D eigenvalue weighted by molar-refractivity contribution is 6.33. The maximum Gasteiger partial charge on any atom is 0.417 e. The van der Waals surface area contributed by atoms with Gasteiger partial charge in [0.2, 0.25) is 0 Å². The fourth-order valence-electron chi connectivity index (χ4n) is 3.27. The van der Waals surface area contributed by atoms with Crippen molar-refractivity contribution >= 4 is 17.4 Å². The first kappa shape index (κ1) is 13.9. The third-order valence-corrected chi connectivity index (χ3v) is 4.38. The quantitative estimate of drug-likeness (QED) is 0.865. The van der Waals surface area contributed by atoms with E-state index in [1.807, 2.05) is 4.90 Å². The zero-order chi connectivity index (χ0) is 14.5. The summed E-state index contributed by atoms with van der Waals surface area (Å²) in [5.74, 6) is 0.402. The molecule has 1 unspecified atom stereocenters. The Labute approximate surface area is 119 Å². The molecular weight excluding hydrogens is 293 g/mol. The lowest BCUT2D eigenvalue weighted by Gasteiger charge is -2.38. The first-order valence-corrected chi connectivity index (χ1v) is 6.93. The number of anilines is 1. The maximum absolute atomic E-state index is 12.6. The van der Waals surface area contributed by atoms with Crippen LogP contribution in [-0.4, -0.2) is 28.3 Å². The Hall–Kier alpha value is -1.01. The Morgan fingerprint density at radius 3 is 2.35 bits per heavy atom. The standard InChI is InChI=1S/C13H14ClF3N2O/c14-11-3-7(13(15,16)17)6-18-12(11)19-8-1-2-9(19)5-10(20)4-8/h3,6,8-10,20H,1-2,4-5H2/t8-,9+,10?. The molecule has 2 aliphatic heterocycles. The summed E-state index contributed by atoms with van der Waals surface area (Å²) in [4.78, 5) is 5.91. The molecule has 7 heteroatoms. The van der Waals surface area contributed by atoms with Crippen molar-refractivity contribution in [1.29, 1.82) is 0 Å². The van der Waals surface area contributed by atoms with Crippen molar-refractivity contribution in [1.82, 2.24) is 4.98 Å². The number of hydrogen-bond acceptors (Lipinski definition) is 3. The van der Waals surface area contributed by atoms with Gasteiger partial charge in [0.15, 0.2) is 0 Å². The van der Waals surface area contributed by atoms with Gasteiger partial charge in [-0.1, -0.05) is 11.6 Å². The molecule has 0 radical (unpaired) electrons. The summed E-state index contributed by atoms with van der Waals surface area (Å²) in [6, 6.07) is 1.16. The molecule has 2 saturated heterocycles. The van der Waals surface area contributed by atoms with Gasteiger partial charge in [-0.25, -0.2) is 4.98 Å². The lowest BCUT2D eigenvalue weighted by molar-refractivity contribution is -0.137. The summed E-state index contributed by atoms with van der Waals surface area (Å²) >= 11 is 6.00. The number of halogens is 4. The Morgan fingerprint density at radius 2 is 1.85 bits per heavy atom. The molecule has 0 aromatic carbocycles. The molecule has 20 heavy (non-hydrogen) atoms. The normalized spacial score (nSPS) is 29.9. The van der Waals surface area contributed by atoms with Crippen molar-refractivity contribution in [2.24, 2.45) is 0 Å². The number of piperidine rings is 1. The number of rotatable bonds is 1. The largest absolute Gasteiger partial charge is 0.417 e. The molecule has 0 aliphatic carbocycles. The zero-order valence-electron chi connectivity index (χ0n) is 10.6. The monoisotopic (exact) mass is 306 g/mol. The minimum absolute atomic E-state index is 0.0214. The van der Waals surface area contributed by atoms with Crippen LogP contribution in [0.25, 0.3) is 0 Å². The van der Waals surface area contributed by atoms with Crippen molar-refractivity contribution in [2.75, 3.05) is 4.90 Å². The minimum atomic E-state index is -4.44. The Kier molecular flexibility index (Phi) is 3.33. The van der Waals surface area contributed by atoms with Crippen LogP contribution in [0.3, 0.4) is 0 Å². The van der Waals surface area contributed by atoms with Crippen LogP contribution >= 0.6 is 11.6 Å². The highest BCUT2D eigenvalue weighted by Gasteiger charge is 2.42. The summed E-state index contributed by atoms with van der Waals surface area (Å²) in [5, 5.41) is 9.77. The van der Waals surface area contributed by atoms with Crippen molar-refractivity contribution in [3.63, 3.8) is 0 Å². The van der Waals surface area contributed by atoms with E-state index < -0.39 is 11.7 Å². The van der Waals surface area contributed by atoms with E-state index in [4.69, 9.17) is 11.6 Å². The molecule has 1 aromatic rings. The van der Waals surface area contributed by atoms with E-state index in [-0.39, 0.29) is 23.2 Å². The second kappa shape index (κ2) is 4.77. The van der Waals surface area contributed by atoms with E-state index in [1.165, 1.54) is 0 Å². The number of fused-ring (bicyclic) bond motifs is 2. The van der Waals surface area contributed by atoms with Crippen LogP contribution in [0.5, 0.6) is 0 Å². The maximum atomic E-state index is 12.6. The summed E-state index contributed by atoms with van der Waals surface area (Å²) < 4.78 is 37.8. The summed E-state index contributed by atoms with van der Waals surface area (Å²) in [6.45, 7) is 0. The lowest BCUT2D eigenvalue weighted by atomic mass is 10.00. The SMILES string of the molecule is OC1C[C@H]2CC[C@@H](C1)N2c1ncc(C(F)(F)F)cc1Cl. The summed E-state index contributed by atoms with van der Waals surface area (Å²) in [7, 11) is 0. The van der Waals surface area contributed by atoms with Gasteiger partial charge >= 0.3 is 6.18 Å². The average Bonchev–Trinajstić information content (AvgIpc) is 2.61. The topological polar surface area (TPSA) is 36.4 Å². The van der Waals surface area contributed by atoms with Crippen LogP contribution < -0.4 is 4.90 Å². The second-order valence-electron chi connectivity index (χ2n) is 5.44. The van der Waals surface area contributed by atoms with Crippen LogP contribution in [0.4, 0.5) is 19.0 Å². The highest BCUT2D eigenvalue weighted by atomic mass is 35.5. The number of nitrogens with zero attached hydrogens (tertiary/aromatic N) is 2. The van der Waals surface area contributed by atoms with E-state index in [9.17, 15) is 18.3 Å². The van der Waals surface area contributed by atoms with E-state index in [1.54, 1.807) is 0 Å². The molecule has 0 saturated carbocycles. The van der Waals surface area contributed by atoms with Crippen LogP contribution in [0.15, 0.2) is 12.3 Å². The fourth-order valence-corrected chi connectivity index (χ4v) is 3.53. The Morgan fingerprint density at radius 1 is 1.25 bits per heavy atom. The summed E-state index contributed by atoms with van der Waals surface area (Å²) in [6.07, 6.45) is -0.873. The van der Waals surface area contributed by atoms with Crippen molar-refractivity contribution < 1.29 is 18.3 Å². The first-order chi connectivity index (χ1) is 9.36. The van der Waals surface area contributed by atoms with Gasteiger partial charge in [0.05, 0.1) is 16.7 Å². The van der Waals surface area contributed by atoms with Gasteiger partial charge in [-0.15, -0.1) is 0 Å².